The Morgan fingerprint density at radius 3 is 1.59 bits per heavy atom. The van der Waals surface area contributed by atoms with Crippen molar-refractivity contribution in [1.82, 2.24) is 15.0 Å². The third kappa shape index (κ3) is 4.62. The fourth-order valence-corrected chi connectivity index (χ4v) is 7.44. The van der Waals surface area contributed by atoms with Crippen molar-refractivity contribution in [2.24, 2.45) is 0 Å². The van der Waals surface area contributed by atoms with Crippen molar-refractivity contribution < 1.29 is 4.42 Å². The summed E-state index contributed by atoms with van der Waals surface area (Å²) in [4.78, 5) is 14.8. The molecule has 4 heteroatoms. The van der Waals surface area contributed by atoms with Crippen molar-refractivity contribution >= 4 is 21.9 Å². The molecule has 1 aliphatic rings. The molecule has 2 aromatic heterocycles. The van der Waals surface area contributed by atoms with Gasteiger partial charge >= 0.3 is 0 Å². The standard InChI is InChI=1S/C45H35N3O/c1-44(2)37-25-31(22-23-33(37)35-27-40-36(26-38(35)45(44,3)4)34-20-11-12-21-39(34)49-40)30-18-13-19-32(24-30)43-47-41(28-14-7-5-8-15-28)46-42(48-43)29-16-9-6-10-17-29/h5-27H,1-4H3. The van der Waals surface area contributed by atoms with Gasteiger partial charge in [0.25, 0.3) is 0 Å². The van der Waals surface area contributed by atoms with Crippen LogP contribution >= 0.6 is 0 Å². The minimum Gasteiger partial charge on any atom is -0.456 e. The van der Waals surface area contributed by atoms with Crippen LogP contribution in [0, 0.1) is 0 Å². The van der Waals surface area contributed by atoms with Gasteiger partial charge in [-0.15, -0.1) is 0 Å². The van der Waals surface area contributed by atoms with Gasteiger partial charge in [0, 0.05) is 27.5 Å². The molecule has 0 atom stereocenters. The summed E-state index contributed by atoms with van der Waals surface area (Å²) < 4.78 is 6.36. The molecule has 1 aliphatic carbocycles. The molecular weight excluding hydrogens is 599 g/mol. The van der Waals surface area contributed by atoms with Crippen molar-refractivity contribution in [3.63, 3.8) is 0 Å². The van der Waals surface area contributed by atoms with E-state index in [1.54, 1.807) is 0 Å². The summed E-state index contributed by atoms with van der Waals surface area (Å²) >= 11 is 0. The van der Waals surface area contributed by atoms with E-state index in [1.807, 2.05) is 66.7 Å². The molecule has 0 saturated carbocycles. The molecular formula is C45H35N3O. The first-order valence-electron chi connectivity index (χ1n) is 16.9. The number of benzene rings is 6. The van der Waals surface area contributed by atoms with Gasteiger partial charge in [-0.05, 0) is 74.5 Å². The molecule has 0 aliphatic heterocycles. The molecule has 0 spiro atoms. The van der Waals surface area contributed by atoms with Crippen LogP contribution in [0.2, 0.25) is 0 Å². The minimum atomic E-state index is -0.139. The van der Waals surface area contributed by atoms with Crippen LogP contribution in [0.1, 0.15) is 38.8 Å². The minimum absolute atomic E-state index is 0.130. The third-order valence-electron chi connectivity index (χ3n) is 10.9. The van der Waals surface area contributed by atoms with Crippen LogP contribution in [-0.4, -0.2) is 15.0 Å². The van der Waals surface area contributed by atoms with Gasteiger partial charge in [0.15, 0.2) is 17.5 Å². The molecule has 0 unspecified atom stereocenters. The van der Waals surface area contributed by atoms with E-state index in [1.165, 1.54) is 38.6 Å². The summed E-state index contributed by atoms with van der Waals surface area (Å²) in [5.41, 5.74) is 11.9. The quantitative estimate of drug-likeness (QED) is 0.193. The maximum atomic E-state index is 6.36. The maximum absolute atomic E-state index is 6.36. The van der Waals surface area contributed by atoms with Crippen LogP contribution in [0.15, 0.2) is 144 Å². The van der Waals surface area contributed by atoms with Crippen molar-refractivity contribution in [1.29, 1.82) is 0 Å². The Bertz CT molecular complexity index is 2490. The van der Waals surface area contributed by atoms with Gasteiger partial charge < -0.3 is 4.42 Å². The molecule has 4 nitrogen and oxygen atoms in total. The van der Waals surface area contributed by atoms with E-state index in [-0.39, 0.29) is 10.8 Å². The molecule has 0 radical (unpaired) electrons. The summed E-state index contributed by atoms with van der Waals surface area (Å²) in [5.74, 6) is 1.97. The smallest absolute Gasteiger partial charge is 0.164 e. The summed E-state index contributed by atoms with van der Waals surface area (Å²) in [6.07, 6.45) is 0. The second-order valence-corrected chi connectivity index (χ2v) is 14.1. The highest BCUT2D eigenvalue weighted by Gasteiger charge is 2.46. The first-order valence-corrected chi connectivity index (χ1v) is 16.9. The van der Waals surface area contributed by atoms with Crippen molar-refractivity contribution in [2.45, 2.75) is 38.5 Å². The first-order chi connectivity index (χ1) is 23.8. The Balaban J connectivity index is 1.17. The number of para-hydroxylation sites is 1. The van der Waals surface area contributed by atoms with Crippen molar-refractivity contribution in [3.05, 3.63) is 151 Å². The maximum Gasteiger partial charge on any atom is 0.164 e. The third-order valence-corrected chi connectivity index (χ3v) is 10.9. The van der Waals surface area contributed by atoms with E-state index >= 15 is 0 Å². The molecule has 8 aromatic rings. The lowest BCUT2D eigenvalue weighted by Gasteiger charge is -2.48. The topological polar surface area (TPSA) is 51.8 Å². The molecule has 2 heterocycles. The lowest BCUT2D eigenvalue weighted by molar-refractivity contribution is 0.299. The van der Waals surface area contributed by atoms with E-state index < -0.39 is 0 Å². The average molecular weight is 634 g/mol. The van der Waals surface area contributed by atoms with Gasteiger partial charge in [0.05, 0.1) is 0 Å². The predicted molar refractivity (Wildman–Crippen MR) is 200 cm³/mol. The van der Waals surface area contributed by atoms with Gasteiger partial charge in [-0.25, -0.2) is 15.0 Å². The van der Waals surface area contributed by atoms with Crippen LogP contribution in [0.3, 0.4) is 0 Å². The van der Waals surface area contributed by atoms with E-state index in [2.05, 4.69) is 100 Å². The lowest BCUT2D eigenvalue weighted by Crippen LogP contribution is -2.43. The molecule has 0 saturated heterocycles. The summed E-state index contributed by atoms with van der Waals surface area (Å²) in [6, 6.07) is 48.7. The molecule has 0 N–H and O–H groups in total. The average Bonchev–Trinajstić information content (AvgIpc) is 3.52. The van der Waals surface area contributed by atoms with E-state index in [9.17, 15) is 0 Å². The second kappa shape index (κ2) is 10.8. The Morgan fingerprint density at radius 2 is 0.918 bits per heavy atom. The summed E-state index contributed by atoms with van der Waals surface area (Å²) in [6.45, 7) is 9.53. The summed E-state index contributed by atoms with van der Waals surface area (Å²) in [5, 5.41) is 2.35. The molecule has 0 amide bonds. The fraction of sp³-hybridized carbons (Fsp3) is 0.133. The van der Waals surface area contributed by atoms with E-state index in [0.29, 0.717) is 17.5 Å². The monoisotopic (exact) mass is 633 g/mol. The number of hydrogen-bond donors (Lipinski definition) is 0. The second-order valence-electron chi connectivity index (χ2n) is 14.1. The fourth-order valence-electron chi connectivity index (χ4n) is 7.44. The molecule has 236 valence electrons. The van der Waals surface area contributed by atoms with Crippen LogP contribution < -0.4 is 0 Å². The highest BCUT2D eigenvalue weighted by molar-refractivity contribution is 6.07. The molecule has 0 fully saturated rings. The zero-order valence-electron chi connectivity index (χ0n) is 28.0. The van der Waals surface area contributed by atoms with Crippen molar-refractivity contribution in [2.75, 3.05) is 0 Å². The molecule has 49 heavy (non-hydrogen) atoms. The Kier molecular flexibility index (Phi) is 6.47. The number of rotatable bonds is 4. The van der Waals surface area contributed by atoms with Gasteiger partial charge in [-0.1, -0.05) is 137 Å². The normalized spacial score (nSPS) is 14.4. The lowest BCUT2D eigenvalue weighted by atomic mass is 9.55. The largest absolute Gasteiger partial charge is 0.456 e. The SMILES string of the molecule is CC1(C)c2cc(-c3cccc(-c4nc(-c5ccccc5)nc(-c5ccccc5)n4)c3)ccc2-c2cc3oc4ccccc4c3cc2C1(C)C. The highest BCUT2D eigenvalue weighted by Crippen LogP contribution is 2.55. The predicted octanol–water partition coefficient (Wildman–Crippen LogP) is 11.7. The number of furan rings is 1. The Labute approximate surface area is 286 Å². The molecule has 9 rings (SSSR count). The van der Waals surface area contributed by atoms with Gasteiger partial charge in [-0.3, -0.25) is 0 Å². The zero-order chi connectivity index (χ0) is 33.3. The number of fused-ring (bicyclic) bond motifs is 6. The molecule has 0 bridgehead atoms. The summed E-state index contributed by atoms with van der Waals surface area (Å²) in [7, 11) is 0. The Morgan fingerprint density at radius 1 is 0.388 bits per heavy atom. The van der Waals surface area contributed by atoms with Crippen LogP contribution in [-0.2, 0) is 10.8 Å². The zero-order valence-corrected chi connectivity index (χ0v) is 28.0. The van der Waals surface area contributed by atoms with Gasteiger partial charge in [0.1, 0.15) is 11.2 Å². The van der Waals surface area contributed by atoms with Crippen LogP contribution in [0.25, 0.3) is 78.4 Å². The van der Waals surface area contributed by atoms with E-state index in [0.717, 1.165) is 33.4 Å². The Hall–Kier alpha value is -5.87. The van der Waals surface area contributed by atoms with Gasteiger partial charge in [-0.2, -0.15) is 0 Å². The molecule has 6 aromatic carbocycles. The van der Waals surface area contributed by atoms with E-state index in [4.69, 9.17) is 19.4 Å². The highest BCUT2D eigenvalue weighted by atomic mass is 16.3. The number of aromatic nitrogens is 3. The van der Waals surface area contributed by atoms with Gasteiger partial charge in [0.2, 0.25) is 0 Å². The van der Waals surface area contributed by atoms with Crippen LogP contribution in [0.4, 0.5) is 0 Å². The number of nitrogens with zero attached hydrogens (tertiary/aromatic N) is 3. The van der Waals surface area contributed by atoms with Crippen LogP contribution in [0.5, 0.6) is 0 Å². The van der Waals surface area contributed by atoms with Crippen molar-refractivity contribution in [3.8, 4) is 56.4 Å². The number of hydrogen-bond acceptors (Lipinski definition) is 4. The first kappa shape index (κ1) is 29.3.